The van der Waals surface area contributed by atoms with Crippen molar-refractivity contribution in [1.82, 2.24) is 14.9 Å². The van der Waals surface area contributed by atoms with Gasteiger partial charge >= 0.3 is 0 Å². The quantitative estimate of drug-likeness (QED) is 0.560. The molecule has 2 rings (SSSR count). The van der Waals surface area contributed by atoms with Crippen LogP contribution in [-0.2, 0) is 6.42 Å². The molecule has 1 aliphatic heterocycles. The molecule has 1 aliphatic rings. The number of aromatic nitrogens is 2. The highest BCUT2D eigenvalue weighted by Gasteiger charge is 2.22. The third kappa shape index (κ3) is 3.54. The predicted octanol–water partition coefficient (Wildman–Crippen LogP) is 1.22. The van der Waals surface area contributed by atoms with Crippen LogP contribution in [0.1, 0.15) is 32.5 Å². The Labute approximate surface area is 114 Å². The van der Waals surface area contributed by atoms with E-state index in [2.05, 4.69) is 39.6 Å². The molecule has 6 nitrogen and oxygen atoms in total. The summed E-state index contributed by atoms with van der Waals surface area (Å²) in [6, 6.07) is 2.93. The highest BCUT2D eigenvalue weighted by atomic mass is 15.3. The fourth-order valence-corrected chi connectivity index (χ4v) is 2.43. The van der Waals surface area contributed by atoms with Crippen molar-refractivity contribution in [1.29, 1.82) is 0 Å². The standard InChI is InChI=1S/C13H24N6/c1-4-11-16-12(8-13(17-11)18-14)15-10-5-6-19(3)9(2)7-10/h8-10H,4-7,14H2,1-3H3,(H2,15,16,17,18). The minimum Gasteiger partial charge on any atom is -0.367 e. The Morgan fingerprint density at radius 1 is 1.42 bits per heavy atom. The molecule has 1 aromatic rings. The van der Waals surface area contributed by atoms with E-state index in [9.17, 15) is 0 Å². The summed E-state index contributed by atoms with van der Waals surface area (Å²) in [6.07, 6.45) is 3.07. The van der Waals surface area contributed by atoms with Gasteiger partial charge in [0.05, 0.1) is 0 Å². The number of piperidine rings is 1. The molecule has 1 aromatic heterocycles. The molecule has 19 heavy (non-hydrogen) atoms. The lowest BCUT2D eigenvalue weighted by Gasteiger charge is -2.35. The van der Waals surface area contributed by atoms with Crippen LogP contribution in [0.2, 0.25) is 0 Å². The first kappa shape index (κ1) is 14.0. The van der Waals surface area contributed by atoms with Crippen molar-refractivity contribution in [2.45, 2.75) is 45.2 Å². The average Bonchev–Trinajstić information content (AvgIpc) is 2.42. The first-order valence-electron chi connectivity index (χ1n) is 6.93. The minimum atomic E-state index is 0.469. The Hall–Kier alpha value is -1.40. The number of nitrogens with two attached hydrogens (primary N) is 1. The largest absolute Gasteiger partial charge is 0.367 e. The van der Waals surface area contributed by atoms with Crippen molar-refractivity contribution in [3.63, 3.8) is 0 Å². The SMILES string of the molecule is CCc1nc(NN)cc(NC2CCN(C)C(C)C2)n1. The lowest BCUT2D eigenvalue weighted by molar-refractivity contribution is 0.190. The minimum absolute atomic E-state index is 0.469. The second-order valence-electron chi connectivity index (χ2n) is 5.25. The average molecular weight is 264 g/mol. The van der Waals surface area contributed by atoms with Gasteiger partial charge in [0.15, 0.2) is 0 Å². The zero-order valence-corrected chi connectivity index (χ0v) is 12.0. The van der Waals surface area contributed by atoms with Gasteiger partial charge in [-0.1, -0.05) is 6.92 Å². The van der Waals surface area contributed by atoms with E-state index in [-0.39, 0.29) is 0 Å². The molecule has 0 spiro atoms. The van der Waals surface area contributed by atoms with E-state index in [1.165, 1.54) is 0 Å². The van der Waals surface area contributed by atoms with E-state index in [1.54, 1.807) is 0 Å². The summed E-state index contributed by atoms with van der Waals surface area (Å²) in [5.41, 5.74) is 2.60. The van der Waals surface area contributed by atoms with Gasteiger partial charge in [0.25, 0.3) is 0 Å². The maximum Gasteiger partial charge on any atom is 0.145 e. The Kier molecular flexibility index (Phi) is 4.55. The van der Waals surface area contributed by atoms with Gasteiger partial charge in [0, 0.05) is 31.1 Å². The first-order valence-corrected chi connectivity index (χ1v) is 6.93. The fourth-order valence-electron chi connectivity index (χ4n) is 2.43. The molecule has 2 atom stereocenters. The van der Waals surface area contributed by atoms with Gasteiger partial charge in [0.2, 0.25) is 0 Å². The molecule has 2 heterocycles. The number of hydrogen-bond acceptors (Lipinski definition) is 6. The maximum absolute atomic E-state index is 5.44. The number of nitrogens with zero attached hydrogens (tertiary/aromatic N) is 3. The van der Waals surface area contributed by atoms with Crippen LogP contribution in [-0.4, -0.2) is 40.5 Å². The van der Waals surface area contributed by atoms with Gasteiger partial charge in [-0.15, -0.1) is 0 Å². The third-order valence-electron chi connectivity index (χ3n) is 3.80. The van der Waals surface area contributed by atoms with Crippen molar-refractivity contribution in [2.75, 3.05) is 24.3 Å². The Morgan fingerprint density at radius 2 is 2.16 bits per heavy atom. The fraction of sp³-hybridized carbons (Fsp3) is 0.692. The van der Waals surface area contributed by atoms with Crippen LogP contribution in [0.4, 0.5) is 11.6 Å². The number of aryl methyl sites for hydroxylation is 1. The van der Waals surface area contributed by atoms with Crippen molar-refractivity contribution in [2.24, 2.45) is 5.84 Å². The smallest absolute Gasteiger partial charge is 0.145 e. The second-order valence-corrected chi connectivity index (χ2v) is 5.25. The topological polar surface area (TPSA) is 79.1 Å². The number of likely N-dealkylation sites (tertiary alicyclic amines) is 1. The molecule has 0 bridgehead atoms. The van der Waals surface area contributed by atoms with Crippen LogP contribution < -0.4 is 16.6 Å². The van der Waals surface area contributed by atoms with Crippen LogP contribution in [0.25, 0.3) is 0 Å². The second kappa shape index (κ2) is 6.16. The van der Waals surface area contributed by atoms with E-state index in [1.807, 2.05) is 13.0 Å². The van der Waals surface area contributed by atoms with Gasteiger partial charge in [-0.3, -0.25) is 0 Å². The van der Waals surface area contributed by atoms with Crippen molar-refractivity contribution in [3.05, 3.63) is 11.9 Å². The van der Waals surface area contributed by atoms with Crippen LogP contribution >= 0.6 is 0 Å². The molecule has 0 radical (unpaired) electrons. The number of nitrogen functional groups attached to an aromatic ring is 1. The van der Waals surface area contributed by atoms with Crippen LogP contribution in [0.5, 0.6) is 0 Å². The Morgan fingerprint density at radius 3 is 2.79 bits per heavy atom. The summed E-state index contributed by atoms with van der Waals surface area (Å²) in [6.45, 7) is 5.42. The molecule has 1 fully saturated rings. The molecule has 6 heteroatoms. The zero-order chi connectivity index (χ0) is 13.8. The van der Waals surface area contributed by atoms with Crippen molar-refractivity contribution < 1.29 is 0 Å². The van der Waals surface area contributed by atoms with E-state index in [4.69, 9.17) is 5.84 Å². The summed E-state index contributed by atoms with van der Waals surface area (Å²) < 4.78 is 0. The lowest BCUT2D eigenvalue weighted by Crippen LogP contribution is -2.42. The summed E-state index contributed by atoms with van der Waals surface area (Å²) in [4.78, 5) is 11.2. The number of hydrogen-bond donors (Lipinski definition) is 3. The van der Waals surface area contributed by atoms with Gasteiger partial charge in [-0.05, 0) is 26.8 Å². The monoisotopic (exact) mass is 264 g/mol. The van der Waals surface area contributed by atoms with Gasteiger partial charge < -0.3 is 15.6 Å². The molecule has 1 saturated heterocycles. The maximum atomic E-state index is 5.44. The molecule has 0 amide bonds. The normalized spacial score (nSPS) is 24.2. The molecule has 0 aromatic carbocycles. The Bertz CT molecular complexity index is 399. The molecular weight excluding hydrogens is 240 g/mol. The lowest BCUT2D eigenvalue weighted by atomic mass is 9.99. The summed E-state index contributed by atoms with van der Waals surface area (Å²) >= 11 is 0. The van der Waals surface area contributed by atoms with E-state index in [0.29, 0.717) is 17.9 Å². The van der Waals surface area contributed by atoms with Crippen molar-refractivity contribution >= 4 is 11.6 Å². The molecule has 4 N–H and O–H groups in total. The van der Waals surface area contributed by atoms with Gasteiger partial charge in [0.1, 0.15) is 17.5 Å². The van der Waals surface area contributed by atoms with Crippen molar-refractivity contribution in [3.8, 4) is 0 Å². The van der Waals surface area contributed by atoms with Crippen LogP contribution in [0.15, 0.2) is 6.07 Å². The molecule has 2 unspecified atom stereocenters. The Balaban J connectivity index is 2.06. The number of anilines is 2. The highest BCUT2D eigenvalue weighted by molar-refractivity contribution is 5.47. The first-order chi connectivity index (χ1) is 9.12. The van der Waals surface area contributed by atoms with Gasteiger partial charge in [-0.2, -0.15) is 0 Å². The van der Waals surface area contributed by atoms with Crippen LogP contribution in [0, 0.1) is 0 Å². The van der Waals surface area contributed by atoms with E-state index in [0.717, 1.165) is 37.4 Å². The summed E-state index contributed by atoms with van der Waals surface area (Å²) in [5, 5.41) is 3.51. The predicted molar refractivity (Wildman–Crippen MR) is 78.0 cm³/mol. The third-order valence-corrected chi connectivity index (χ3v) is 3.80. The number of hydrazine groups is 1. The summed E-state index contributed by atoms with van der Waals surface area (Å²) in [5.74, 6) is 7.77. The molecule has 106 valence electrons. The molecule has 0 saturated carbocycles. The molecule has 0 aliphatic carbocycles. The highest BCUT2D eigenvalue weighted by Crippen LogP contribution is 2.20. The van der Waals surface area contributed by atoms with Gasteiger partial charge in [-0.25, -0.2) is 15.8 Å². The number of nitrogens with one attached hydrogen (secondary N) is 2. The number of rotatable bonds is 4. The molecular formula is C13H24N6. The van der Waals surface area contributed by atoms with Crippen LogP contribution in [0.3, 0.4) is 0 Å². The van der Waals surface area contributed by atoms with E-state index >= 15 is 0 Å². The zero-order valence-electron chi connectivity index (χ0n) is 12.0. The summed E-state index contributed by atoms with van der Waals surface area (Å²) in [7, 11) is 2.18. The van der Waals surface area contributed by atoms with E-state index < -0.39 is 0 Å².